The Morgan fingerprint density at radius 1 is 1.19 bits per heavy atom. The van der Waals surface area contributed by atoms with E-state index in [0.717, 1.165) is 54.8 Å². The largest absolute Gasteiger partial charge is 0.337 e. The summed E-state index contributed by atoms with van der Waals surface area (Å²) >= 11 is 2.24. The number of halogens is 2. The fraction of sp³-hybridized carbons (Fsp3) is 0.533. The van der Waals surface area contributed by atoms with Crippen molar-refractivity contribution in [2.75, 3.05) is 39.3 Å². The molecule has 2 aliphatic heterocycles. The third-order valence-electron chi connectivity index (χ3n) is 4.22. The Labute approximate surface area is 145 Å². The summed E-state index contributed by atoms with van der Waals surface area (Å²) in [6, 6.07) is 8.40. The lowest BCUT2D eigenvalue weighted by atomic mass is 10.2. The number of carbonyl (C=O) groups excluding carboxylic acids is 1. The first-order valence-corrected chi connectivity index (χ1v) is 8.32. The van der Waals surface area contributed by atoms with Gasteiger partial charge in [0.1, 0.15) is 0 Å². The van der Waals surface area contributed by atoms with Crippen LogP contribution in [0.2, 0.25) is 0 Å². The Bertz CT molecular complexity index is 494. The van der Waals surface area contributed by atoms with E-state index in [1.807, 2.05) is 29.2 Å². The molecule has 1 amide bonds. The Kier molecular flexibility index (Phi) is 6.28. The minimum atomic E-state index is 0. The molecule has 0 aromatic heterocycles. The van der Waals surface area contributed by atoms with Gasteiger partial charge in [0.2, 0.25) is 0 Å². The van der Waals surface area contributed by atoms with Gasteiger partial charge < -0.3 is 10.2 Å². The molecule has 1 N–H and O–H groups in total. The molecule has 1 aromatic carbocycles. The number of nitrogens with one attached hydrogen (secondary N) is 1. The molecule has 2 saturated heterocycles. The van der Waals surface area contributed by atoms with Crippen LogP contribution in [0, 0.1) is 3.57 Å². The molecule has 0 spiro atoms. The van der Waals surface area contributed by atoms with Crippen LogP contribution in [0.25, 0.3) is 0 Å². The SMILES string of the molecule is Cl.O=C(c1ccccc1I)N1CCC(N2CCNCC2)C1. The Morgan fingerprint density at radius 2 is 1.90 bits per heavy atom. The lowest BCUT2D eigenvalue weighted by Crippen LogP contribution is -2.49. The van der Waals surface area contributed by atoms with Crippen LogP contribution in [0.15, 0.2) is 24.3 Å². The standard InChI is InChI=1S/C15H20IN3O.ClH/c16-14-4-2-1-3-13(14)15(20)19-8-5-12(11-19)18-9-6-17-7-10-18;/h1-4,12,17H,5-11H2;1H. The van der Waals surface area contributed by atoms with Gasteiger partial charge in [-0.15, -0.1) is 12.4 Å². The molecule has 0 radical (unpaired) electrons. The zero-order chi connectivity index (χ0) is 13.9. The van der Waals surface area contributed by atoms with Crippen molar-refractivity contribution in [3.05, 3.63) is 33.4 Å². The van der Waals surface area contributed by atoms with E-state index in [4.69, 9.17) is 0 Å². The highest BCUT2D eigenvalue weighted by molar-refractivity contribution is 14.1. The van der Waals surface area contributed by atoms with Crippen LogP contribution >= 0.6 is 35.0 Å². The third-order valence-corrected chi connectivity index (χ3v) is 5.16. The van der Waals surface area contributed by atoms with Crippen molar-refractivity contribution in [1.29, 1.82) is 0 Å². The molecule has 3 rings (SSSR count). The maximum absolute atomic E-state index is 12.6. The average molecular weight is 422 g/mol. The second kappa shape index (κ2) is 7.76. The topological polar surface area (TPSA) is 35.6 Å². The first kappa shape index (κ1) is 17.0. The van der Waals surface area contributed by atoms with Gasteiger partial charge in [-0.05, 0) is 41.1 Å². The Morgan fingerprint density at radius 3 is 2.62 bits per heavy atom. The van der Waals surface area contributed by atoms with Crippen molar-refractivity contribution in [3.8, 4) is 0 Å². The molecule has 4 nitrogen and oxygen atoms in total. The van der Waals surface area contributed by atoms with E-state index < -0.39 is 0 Å². The molecule has 0 bridgehead atoms. The van der Waals surface area contributed by atoms with Crippen LogP contribution in [0.3, 0.4) is 0 Å². The normalized spacial score (nSPS) is 22.9. The lowest BCUT2D eigenvalue weighted by Gasteiger charge is -2.32. The molecule has 116 valence electrons. The number of benzene rings is 1. The number of amides is 1. The predicted octanol–water partition coefficient (Wildman–Crippen LogP) is 1.83. The van der Waals surface area contributed by atoms with Gasteiger partial charge in [0, 0.05) is 48.9 Å². The van der Waals surface area contributed by atoms with Crippen molar-refractivity contribution in [3.63, 3.8) is 0 Å². The number of piperazine rings is 1. The fourth-order valence-corrected chi connectivity index (χ4v) is 3.69. The van der Waals surface area contributed by atoms with E-state index in [1.54, 1.807) is 0 Å². The van der Waals surface area contributed by atoms with Crippen molar-refractivity contribution < 1.29 is 4.79 Å². The molecule has 0 aliphatic carbocycles. The smallest absolute Gasteiger partial charge is 0.254 e. The highest BCUT2D eigenvalue weighted by Crippen LogP contribution is 2.20. The predicted molar refractivity (Wildman–Crippen MR) is 95.2 cm³/mol. The summed E-state index contributed by atoms with van der Waals surface area (Å²) in [6.45, 7) is 6.12. The van der Waals surface area contributed by atoms with E-state index >= 15 is 0 Å². The lowest BCUT2D eigenvalue weighted by molar-refractivity contribution is 0.0772. The minimum Gasteiger partial charge on any atom is -0.337 e. The van der Waals surface area contributed by atoms with Crippen LogP contribution in [-0.2, 0) is 0 Å². The number of likely N-dealkylation sites (tertiary alicyclic amines) is 1. The molecule has 2 heterocycles. The zero-order valence-electron chi connectivity index (χ0n) is 11.9. The Balaban J connectivity index is 0.00000161. The number of rotatable bonds is 2. The molecule has 1 aromatic rings. The quantitative estimate of drug-likeness (QED) is 0.740. The maximum atomic E-state index is 12.6. The first-order chi connectivity index (χ1) is 9.75. The third kappa shape index (κ3) is 3.88. The minimum absolute atomic E-state index is 0. The zero-order valence-corrected chi connectivity index (χ0v) is 14.9. The summed E-state index contributed by atoms with van der Waals surface area (Å²) < 4.78 is 1.04. The maximum Gasteiger partial charge on any atom is 0.254 e. The molecule has 21 heavy (non-hydrogen) atoms. The number of carbonyl (C=O) groups is 1. The summed E-state index contributed by atoms with van der Waals surface area (Å²) in [7, 11) is 0. The van der Waals surface area contributed by atoms with Crippen molar-refractivity contribution >= 4 is 40.9 Å². The summed E-state index contributed by atoms with van der Waals surface area (Å²) in [5.74, 6) is 0.188. The molecule has 1 unspecified atom stereocenters. The average Bonchev–Trinajstić information content (AvgIpc) is 2.98. The van der Waals surface area contributed by atoms with Gasteiger partial charge in [-0.2, -0.15) is 0 Å². The molecule has 0 saturated carbocycles. The number of nitrogens with zero attached hydrogens (tertiary/aromatic N) is 2. The van der Waals surface area contributed by atoms with Gasteiger partial charge in [-0.25, -0.2) is 0 Å². The van der Waals surface area contributed by atoms with Gasteiger partial charge in [0.15, 0.2) is 0 Å². The number of hydrogen-bond donors (Lipinski definition) is 1. The molecule has 1 atom stereocenters. The van der Waals surface area contributed by atoms with E-state index in [1.165, 1.54) is 0 Å². The highest BCUT2D eigenvalue weighted by atomic mass is 127. The van der Waals surface area contributed by atoms with Crippen LogP contribution in [0.1, 0.15) is 16.8 Å². The molecule has 2 fully saturated rings. The van der Waals surface area contributed by atoms with Gasteiger partial charge in [-0.3, -0.25) is 9.69 Å². The summed E-state index contributed by atoms with van der Waals surface area (Å²) in [4.78, 5) is 17.1. The number of hydrogen-bond acceptors (Lipinski definition) is 3. The van der Waals surface area contributed by atoms with Crippen LogP contribution in [0.5, 0.6) is 0 Å². The monoisotopic (exact) mass is 421 g/mol. The fourth-order valence-electron chi connectivity index (χ4n) is 3.08. The summed E-state index contributed by atoms with van der Waals surface area (Å²) in [6.07, 6.45) is 1.11. The van der Waals surface area contributed by atoms with Gasteiger partial charge >= 0.3 is 0 Å². The summed E-state index contributed by atoms with van der Waals surface area (Å²) in [5, 5.41) is 3.38. The molecular formula is C15H21ClIN3O. The van der Waals surface area contributed by atoms with Gasteiger partial charge in [-0.1, -0.05) is 12.1 Å². The van der Waals surface area contributed by atoms with E-state index in [0.29, 0.717) is 6.04 Å². The van der Waals surface area contributed by atoms with E-state index in [9.17, 15) is 4.79 Å². The Hall–Kier alpha value is -0.370. The van der Waals surface area contributed by atoms with Gasteiger partial charge in [0.25, 0.3) is 5.91 Å². The molecule has 6 heteroatoms. The van der Waals surface area contributed by atoms with E-state index in [-0.39, 0.29) is 18.3 Å². The highest BCUT2D eigenvalue weighted by Gasteiger charge is 2.31. The van der Waals surface area contributed by atoms with Crippen LogP contribution in [-0.4, -0.2) is 61.0 Å². The second-order valence-corrected chi connectivity index (χ2v) is 6.62. The summed E-state index contributed by atoms with van der Waals surface area (Å²) in [5.41, 5.74) is 0.842. The van der Waals surface area contributed by atoms with E-state index in [2.05, 4.69) is 32.8 Å². The van der Waals surface area contributed by atoms with Gasteiger partial charge in [0.05, 0.1) is 5.56 Å². The van der Waals surface area contributed by atoms with Crippen molar-refractivity contribution in [1.82, 2.24) is 15.1 Å². The molecule has 2 aliphatic rings. The second-order valence-electron chi connectivity index (χ2n) is 5.46. The van der Waals surface area contributed by atoms with Crippen molar-refractivity contribution in [2.45, 2.75) is 12.5 Å². The first-order valence-electron chi connectivity index (χ1n) is 7.24. The molecular weight excluding hydrogens is 401 g/mol. The van der Waals surface area contributed by atoms with Crippen LogP contribution in [0.4, 0.5) is 0 Å². The van der Waals surface area contributed by atoms with Crippen molar-refractivity contribution in [2.24, 2.45) is 0 Å². The van der Waals surface area contributed by atoms with Crippen LogP contribution < -0.4 is 5.32 Å².